The van der Waals surface area contributed by atoms with Gasteiger partial charge in [0.15, 0.2) is 24.4 Å². The lowest BCUT2D eigenvalue weighted by molar-refractivity contribution is -0.349. The lowest BCUT2D eigenvalue weighted by Gasteiger charge is -2.46. The zero-order valence-electron chi connectivity index (χ0n) is 26.9. The molecule has 47 heavy (non-hydrogen) atoms. The van der Waals surface area contributed by atoms with Crippen molar-refractivity contribution in [3.05, 3.63) is 11.8 Å². The number of rotatable bonds is 10. The Morgan fingerprint density at radius 2 is 1.23 bits per heavy atom. The molecule has 0 aromatic rings. The summed E-state index contributed by atoms with van der Waals surface area (Å²) in [5, 5.41) is 11.9. The number of carbonyl (C=O) groups is 7. The number of esters is 7. The minimum atomic E-state index is -2.15. The van der Waals surface area contributed by atoms with E-state index in [4.69, 9.17) is 47.4 Å². The monoisotopic (exact) mass is 674 g/mol. The lowest BCUT2D eigenvalue weighted by atomic mass is 9.80. The van der Waals surface area contributed by atoms with E-state index in [1.807, 2.05) is 0 Å². The predicted octanol–water partition coefficient (Wildman–Crippen LogP) is -0.640. The third kappa shape index (κ3) is 8.55. The van der Waals surface area contributed by atoms with E-state index < -0.39 is 115 Å². The molecule has 0 bridgehead atoms. The summed E-state index contributed by atoms with van der Waals surface area (Å²) in [4.78, 5) is 85.3. The first-order valence-corrected chi connectivity index (χ1v) is 14.4. The van der Waals surface area contributed by atoms with E-state index in [9.17, 15) is 38.7 Å². The van der Waals surface area contributed by atoms with Crippen molar-refractivity contribution in [3.8, 4) is 0 Å². The molecule has 0 unspecified atom stereocenters. The van der Waals surface area contributed by atoms with E-state index in [2.05, 4.69) is 0 Å². The molecule has 1 saturated carbocycles. The van der Waals surface area contributed by atoms with Crippen molar-refractivity contribution in [1.29, 1.82) is 0 Å². The summed E-state index contributed by atoms with van der Waals surface area (Å²) >= 11 is 0. The lowest BCUT2D eigenvalue weighted by Crippen LogP contribution is -2.64. The third-order valence-electron chi connectivity index (χ3n) is 7.50. The molecule has 0 amide bonds. The van der Waals surface area contributed by atoms with Crippen LogP contribution in [0.4, 0.5) is 0 Å². The highest BCUT2D eigenvalue weighted by molar-refractivity contribution is 5.89. The van der Waals surface area contributed by atoms with Gasteiger partial charge in [-0.25, -0.2) is 4.79 Å². The largest absolute Gasteiger partial charge is 0.471 e. The summed E-state index contributed by atoms with van der Waals surface area (Å²) in [5.74, 6) is -8.66. The molecule has 0 radical (unpaired) electrons. The average molecular weight is 675 g/mol. The van der Waals surface area contributed by atoms with E-state index in [0.717, 1.165) is 54.9 Å². The zero-order valence-corrected chi connectivity index (χ0v) is 26.9. The van der Waals surface area contributed by atoms with Crippen molar-refractivity contribution < 1.29 is 86.0 Å². The highest BCUT2D eigenvalue weighted by atomic mass is 16.8. The molecule has 2 fully saturated rings. The van der Waals surface area contributed by atoms with E-state index in [1.165, 1.54) is 6.92 Å². The van der Waals surface area contributed by atoms with Crippen LogP contribution in [0.25, 0.3) is 0 Å². The van der Waals surface area contributed by atoms with Gasteiger partial charge in [-0.1, -0.05) is 0 Å². The summed E-state index contributed by atoms with van der Waals surface area (Å²) in [7, 11) is 1.08. The number of fused-ring (bicyclic) bond motifs is 1. The maximum Gasteiger partial charge on any atom is 0.337 e. The number of carbonyl (C=O) groups excluding carboxylic acids is 7. The second-order valence-corrected chi connectivity index (χ2v) is 11.2. The van der Waals surface area contributed by atoms with Gasteiger partial charge in [0.05, 0.1) is 24.9 Å². The number of hydrogen-bond donors (Lipinski definition) is 1. The van der Waals surface area contributed by atoms with Gasteiger partial charge in [0.2, 0.25) is 12.6 Å². The molecule has 2 heterocycles. The number of aliphatic hydroxyl groups is 1. The molecule has 0 aromatic carbocycles. The third-order valence-corrected chi connectivity index (χ3v) is 7.50. The van der Waals surface area contributed by atoms with Crippen molar-refractivity contribution in [1.82, 2.24) is 0 Å². The van der Waals surface area contributed by atoms with Gasteiger partial charge in [0, 0.05) is 47.5 Å². The molecule has 0 aromatic heterocycles. The minimum Gasteiger partial charge on any atom is -0.471 e. The van der Waals surface area contributed by atoms with Gasteiger partial charge in [-0.3, -0.25) is 28.8 Å². The van der Waals surface area contributed by atoms with Crippen LogP contribution in [0.2, 0.25) is 0 Å². The van der Waals surface area contributed by atoms with Crippen molar-refractivity contribution >= 4 is 41.8 Å². The quantitative estimate of drug-likeness (QED) is 0.224. The molecule has 1 N–H and O–H groups in total. The fourth-order valence-electron chi connectivity index (χ4n) is 5.94. The van der Waals surface area contributed by atoms with Gasteiger partial charge >= 0.3 is 41.8 Å². The van der Waals surface area contributed by atoms with Crippen LogP contribution >= 0.6 is 0 Å². The molecule has 11 atom stereocenters. The molecule has 262 valence electrons. The van der Waals surface area contributed by atoms with Crippen molar-refractivity contribution in [3.63, 3.8) is 0 Å². The molecular weight excluding hydrogens is 636 g/mol. The van der Waals surface area contributed by atoms with Gasteiger partial charge in [-0.05, 0) is 6.92 Å². The second kappa shape index (κ2) is 15.1. The molecule has 3 rings (SSSR count). The highest BCUT2D eigenvalue weighted by Crippen LogP contribution is 2.52. The van der Waals surface area contributed by atoms with E-state index in [0.29, 0.717) is 0 Å². The Labute approximate surface area is 268 Å². The SMILES string of the molecule is COC(=O)C1=CO[C@@H](O[C@@H]2O[C@H](COC(C)=O)[C@@H](OC(C)=O)[C@H](OC(C)=O)[C@H]2OC(C)=O)[C@H]2[C@@H]1[C@H](OC(C)=O)[C@H](OC(C)=O)[C@]2(C)O. The van der Waals surface area contributed by atoms with Crippen LogP contribution in [0.1, 0.15) is 48.5 Å². The topological polar surface area (TPSA) is 232 Å². The Morgan fingerprint density at radius 3 is 1.74 bits per heavy atom. The molecule has 0 spiro atoms. The number of hydrogen-bond acceptors (Lipinski definition) is 18. The summed E-state index contributed by atoms with van der Waals surface area (Å²) in [6.07, 6.45) is -11.6. The molecule has 1 aliphatic carbocycles. The second-order valence-electron chi connectivity index (χ2n) is 11.2. The molecule has 1 saturated heterocycles. The first-order valence-electron chi connectivity index (χ1n) is 14.4. The van der Waals surface area contributed by atoms with E-state index in [-0.39, 0.29) is 5.57 Å². The van der Waals surface area contributed by atoms with Crippen LogP contribution < -0.4 is 0 Å². The normalized spacial score (nSPS) is 34.3. The first-order chi connectivity index (χ1) is 21.9. The fourth-order valence-corrected chi connectivity index (χ4v) is 5.94. The van der Waals surface area contributed by atoms with Gasteiger partial charge in [0.1, 0.15) is 24.4 Å². The molecule has 3 aliphatic rings. The van der Waals surface area contributed by atoms with Crippen LogP contribution in [0.15, 0.2) is 11.8 Å². The van der Waals surface area contributed by atoms with Gasteiger partial charge in [-0.2, -0.15) is 0 Å². The summed E-state index contributed by atoms with van der Waals surface area (Å²) < 4.78 is 54.8. The van der Waals surface area contributed by atoms with Crippen molar-refractivity contribution in [2.45, 2.75) is 103 Å². The highest BCUT2D eigenvalue weighted by Gasteiger charge is 2.68. The van der Waals surface area contributed by atoms with Gasteiger partial charge < -0.3 is 52.5 Å². The Bertz CT molecular complexity index is 1290. The first kappa shape index (κ1) is 37.2. The molecule has 2 aliphatic heterocycles. The van der Waals surface area contributed by atoms with Crippen LogP contribution in [0, 0.1) is 11.8 Å². The van der Waals surface area contributed by atoms with Crippen LogP contribution in [-0.4, -0.2) is 115 Å². The van der Waals surface area contributed by atoms with Crippen LogP contribution in [0.5, 0.6) is 0 Å². The smallest absolute Gasteiger partial charge is 0.337 e. The Balaban J connectivity index is 2.15. The molecule has 18 nitrogen and oxygen atoms in total. The fraction of sp³-hybridized carbons (Fsp3) is 0.690. The van der Waals surface area contributed by atoms with E-state index >= 15 is 0 Å². The van der Waals surface area contributed by atoms with Crippen LogP contribution in [0.3, 0.4) is 0 Å². The minimum absolute atomic E-state index is 0.208. The van der Waals surface area contributed by atoms with Crippen molar-refractivity contribution in [2.75, 3.05) is 13.7 Å². The summed E-state index contributed by atoms with van der Waals surface area (Å²) in [6, 6.07) is 0. The molecular formula is C29H38O18. The maximum atomic E-state index is 12.8. The van der Waals surface area contributed by atoms with Gasteiger partial charge in [-0.15, -0.1) is 0 Å². The van der Waals surface area contributed by atoms with Gasteiger partial charge in [0.25, 0.3) is 0 Å². The summed E-state index contributed by atoms with van der Waals surface area (Å²) in [5.41, 5.74) is -2.35. The Kier molecular flexibility index (Phi) is 11.9. The molecule has 18 heteroatoms. The van der Waals surface area contributed by atoms with E-state index in [1.54, 1.807) is 0 Å². The Hall–Kier alpha value is -4.29. The number of ether oxygens (including phenoxy) is 10. The Morgan fingerprint density at radius 1 is 0.723 bits per heavy atom. The van der Waals surface area contributed by atoms with Crippen molar-refractivity contribution in [2.24, 2.45) is 11.8 Å². The zero-order chi connectivity index (χ0) is 35.4. The van der Waals surface area contributed by atoms with Crippen LogP contribution in [-0.2, 0) is 80.9 Å². The average Bonchev–Trinajstić information content (AvgIpc) is 3.15. The predicted molar refractivity (Wildman–Crippen MR) is 147 cm³/mol. The maximum absolute atomic E-state index is 12.8. The standard InChI is InChI=1S/C29H38O18/c1-11(30)39-10-18-21(41-12(2)31)23(43-14(4)33)24(44-15(5)34)28(46-18)47-27-20-19(17(9-40-27)26(36)38-8)22(42-13(3)32)25(29(20,7)37)45-16(6)35/h9,18-25,27-28,37H,10H2,1-8H3/t18-,19-,20-,21-,22+,23+,24-,25+,27+,28+,29-/m1/s1. The summed E-state index contributed by atoms with van der Waals surface area (Å²) in [6.45, 7) is 7.03. The number of methoxy groups -OCH3 is 1.